The molecule has 29 heavy (non-hydrogen) atoms. The van der Waals surface area contributed by atoms with Gasteiger partial charge in [-0.05, 0) is 43.0 Å². The molecule has 0 aliphatic carbocycles. The van der Waals surface area contributed by atoms with Gasteiger partial charge in [0, 0.05) is 24.4 Å². The molecule has 0 bridgehead atoms. The van der Waals surface area contributed by atoms with Crippen molar-refractivity contribution in [2.24, 2.45) is 0 Å². The number of methoxy groups -OCH3 is 2. The highest BCUT2D eigenvalue weighted by molar-refractivity contribution is 5.95. The van der Waals surface area contributed by atoms with E-state index >= 15 is 0 Å². The molecule has 7 nitrogen and oxygen atoms in total. The Morgan fingerprint density at radius 2 is 1.97 bits per heavy atom. The van der Waals surface area contributed by atoms with E-state index in [0.29, 0.717) is 23.0 Å². The molecule has 7 heteroatoms. The Labute approximate surface area is 170 Å². The van der Waals surface area contributed by atoms with Gasteiger partial charge in [0.25, 0.3) is 0 Å². The van der Waals surface area contributed by atoms with Gasteiger partial charge in [0.2, 0.25) is 0 Å². The van der Waals surface area contributed by atoms with E-state index in [0.717, 1.165) is 48.0 Å². The van der Waals surface area contributed by atoms with E-state index in [2.05, 4.69) is 33.7 Å². The van der Waals surface area contributed by atoms with Crippen LogP contribution in [0.25, 0.3) is 10.9 Å². The highest BCUT2D eigenvalue weighted by Crippen LogP contribution is 2.30. The Morgan fingerprint density at radius 1 is 1.21 bits per heavy atom. The lowest BCUT2D eigenvalue weighted by Gasteiger charge is -2.12. The summed E-state index contributed by atoms with van der Waals surface area (Å²) in [7, 11) is 3.24. The number of benzene rings is 1. The average molecular weight is 391 g/mol. The summed E-state index contributed by atoms with van der Waals surface area (Å²) in [5.41, 5.74) is 9.87. The topological polar surface area (TPSA) is 87.2 Å². The maximum Gasteiger partial charge on any atom is 0.147 e. The van der Waals surface area contributed by atoms with Crippen LogP contribution in [0.2, 0.25) is 0 Å². The molecule has 1 atom stereocenters. The van der Waals surface area contributed by atoms with Gasteiger partial charge in [-0.1, -0.05) is 12.8 Å². The summed E-state index contributed by atoms with van der Waals surface area (Å²) in [6.45, 7) is 3.99. The van der Waals surface area contributed by atoms with Gasteiger partial charge in [-0.2, -0.15) is 5.10 Å². The van der Waals surface area contributed by atoms with E-state index in [1.807, 2.05) is 24.4 Å². The van der Waals surface area contributed by atoms with Crippen LogP contribution in [-0.2, 0) is 6.42 Å². The first kappa shape index (κ1) is 19.1. The first-order valence-corrected chi connectivity index (χ1v) is 9.76. The summed E-state index contributed by atoms with van der Waals surface area (Å²) in [6, 6.07) is 5.85. The van der Waals surface area contributed by atoms with Crippen molar-refractivity contribution in [2.75, 3.05) is 33.0 Å². The number of nitrogen functional groups attached to an aromatic ring is 1. The van der Waals surface area contributed by atoms with Gasteiger partial charge in [-0.3, -0.25) is 4.68 Å². The van der Waals surface area contributed by atoms with Crippen molar-refractivity contribution >= 4 is 16.7 Å². The van der Waals surface area contributed by atoms with Crippen LogP contribution in [0.5, 0.6) is 11.5 Å². The van der Waals surface area contributed by atoms with Gasteiger partial charge in [-0.25, -0.2) is 4.98 Å². The van der Waals surface area contributed by atoms with Crippen LogP contribution in [0.1, 0.15) is 36.2 Å². The molecule has 1 unspecified atom stereocenters. The highest BCUT2D eigenvalue weighted by atomic mass is 16.5. The minimum Gasteiger partial charge on any atom is -0.497 e. The van der Waals surface area contributed by atoms with Crippen molar-refractivity contribution in [2.45, 2.75) is 25.8 Å². The molecule has 3 aromatic rings. The number of ether oxygens (including phenoxy) is 2. The zero-order chi connectivity index (χ0) is 20.4. The standard InChI is InChI=1S/C22H25N5O2/c1-4-15-12-25-22(23)20-19(26-27(21(15)20)16-7-8-24-13-16)6-5-14-9-17(28-2)11-18(10-14)29-3/h9-12,16,24H,4,7-8,13H2,1-3H3,(H2,23,25). The largest absolute Gasteiger partial charge is 0.497 e. The fourth-order valence-electron chi connectivity index (χ4n) is 3.73. The Morgan fingerprint density at radius 3 is 2.59 bits per heavy atom. The lowest BCUT2D eigenvalue weighted by atomic mass is 10.1. The predicted molar refractivity (Wildman–Crippen MR) is 113 cm³/mol. The number of pyridine rings is 1. The minimum absolute atomic E-state index is 0.289. The third kappa shape index (κ3) is 3.59. The fraction of sp³-hybridized carbons (Fsp3) is 0.364. The van der Waals surface area contributed by atoms with Crippen LogP contribution < -0.4 is 20.5 Å². The number of aryl methyl sites for hydroxylation is 1. The summed E-state index contributed by atoms with van der Waals surface area (Å²) >= 11 is 0. The first-order chi connectivity index (χ1) is 14.1. The molecule has 1 aliphatic rings. The number of aromatic nitrogens is 3. The Balaban J connectivity index is 1.86. The van der Waals surface area contributed by atoms with E-state index in [4.69, 9.17) is 20.3 Å². The van der Waals surface area contributed by atoms with Crippen LogP contribution in [0.4, 0.5) is 5.82 Å². The molecule has 1 saturated heterocycles. The monoisotopic (exact) mass is 391 g/mol. The first-order valence-electron chi connectivity index (χ1n) is 9.76. The molecule has 4 rings (SSSR count). The van der Waals surface area contributed by atoms with E-state index in [1.54, 1.807) is 14.2 Å². The van der Waals surface area contributed by atoms with Crippen LogP contribution in [0.15, 0.2) is 24.4 Å². The highest BCUT2D eigenvalue weighted by Gasteiger charge is 2.24. The van der Waals surface area contributed by atoms with Crippen molar-refractivity contribution in [1.29, 1.82) is 0 Å². The van der Waals surface area contributed by atoms with Crippen LogP contribution in [0.3, 0.4) is 0 Å². The second-order valence-corrected chi connectivity index (χ2v) is 7.04. The zero-order valence-corrected chi connectivity index (χ0v) is 17.0. The molecule has 0 spiro atoms. The summed E-state index contributed by atoms with van der Waals surface area (Å²) in [6.07, 6.45) is 3.74. The second kappa shape index (κ2) is 8.02. The second-order valence-electron chi connectivity index (χ2n) is 7.04. The molecule has 1 aromatic carbocycles. The molecular formula is C22H25N5O2. The lowest BCUT2D eigenvalue weighted by molar-refractivity contribution is 0.394. The van der Waals surface area contributed by atoms with Gasteiger partial charge in [0.1, 0.15) is 23.0 Å². The van der Waals surface area contributed by atoms with Crippen molar-refractivity contribution in [3.63, 3.8) is 0 Å². The van der Waals surface area contributed by atoms with Gasteiger partial charge in [0.15, 0.2) is 0 Å². The number of anilines is 1. The summed E-state index contributed by atoms with van der Waals surface area (Å²) in [5, 5.41) is 9.10. The molecule has 0 saturated carbocycles. The number of hydrogen-bond acceptors (Lipinski definition) is 6. The Bertz CT molecular complexity index is 1080. The molecular weight excluding hydrogens is 366 g/mol. The molecule has 3 heterocycles. The normalized spacial score (nSPS) is 15.9. The number of hydrogen-bond donors (Lipinski definition) is 2. The third-order valence-electron chi connectivity index (χ3n) is 5.27. The van der Waals surface area contributed by atoms with E-state index in [1.165, 1.54) is 0 Å². The molecule has 3 N–H and O–H groups in total. The third-order valence-corrected chi connectivity index (χ3v) is 5.27. The average Bonchev–Trinajstić information content (AvgIpc) is 3.40. The molecule has 150 valence electrons. The van der Waals surface area contributed by atoms with E-state index in [9.17, 15) is 0 Å². The number of nitrogens with zero attached hydrogens (tertiary/aromatic N) is 3. The molecule has 0 amide bonds. The van der Waals surface area contributed by atoms with Gasteiger partial charge in [-0.15, -0.1) is 0 Å². The van der Waals surface area contributed by atoms with Gasteiger partial charge in [0.05, 0.1) is 31.2 Å². The predicted octanol–water partition coefficient (Wildman–Crippen LogP) is 2.53. The van der Waals surface area contributed by atoms with Crippen molar-refractivity contribution in [3.8, 4) is 23.3 Å². The fourth-order valence-corrected chi connectivity index (χ4v) is 3.73. The SMILES string of the molecule is CCc1cnc(N)c2c(C#Cc3cc(OC)cc(OC)c3)nn(C3CCNC3)c12. The van der Waals surface area contributed by atoms with Crippen molar-refractivity contribution in [1.82, 2.24) is 20.1 Å². The van der Waals surface area contributed by atoms with Crippen LogP contribution in [-0.4, -0.2) is 42.1 Å². The number of fused-ring (bicyclic) bond motifs is 1. The van der Waals surface area contributed by atoms with Gasteiger partial charge < -0.3 is 20.5 Å². The molecule has 0 radical (unpaired) electrons. The number of rotatable bonds is 4. The van der Waals surface area contributed by atoms with Crippen molar-refractivity contribution < 1.29 is 9.47 Å². The number of nitrogens with two attached hydrogens (primary N) is 1. The van der Waals surface area contributed by atoms with Crippen molar-refractivity contribution in [3.05, 3.63) is 41.2 Å². The smallest absolute Gasteiger partial charge is 0.147 e. The quantitative estimate of drug-likeness (QED) is 0.665. The zero-order valence-electron chi connectivity index (χ0n) is 17.0. The van der Waals surface area contributed by atoms with E-state index < -0.39 is 0 Å². The minimum atomic E-state index is 0.289. The number of nitrogens with one attached hydrogen (secondary N) is 1. The van der Waals surface area contributed by atoms with E-state index in [-0.39, 0.29) is 6.04 Å². The summed E-state index contributed by atoms with van der Waals surface area (Å²) < 4.78 is 12.8. The summed E-state index contributed by atoms with van der Waals surface area (Å²) in [4.78, 5) is 4.39. The Hall–Kier alpha value is -3.24. The maximum atomic E-state index is 6.27. The molecule has 1 fully saturated rings. The summed E-state index contributed by atoms with van der Waals surface area (Å²) in [5.74, 6) is 8.24. The molecule has 1 aliphatic heterocycles. The van der Waals surface area contributed by atoms with Gasteiger partial charge >= 0.3 is 0 Å². The Kier molecular flexibility index (Phi) is 5.28. The van der Waals surface area contributed by atoms with Crippen LogP contribution >= 0.6 is 0 Å². The maximum absolute atomic E-state index is 6.27. The van der Waals surface area contributed by atoms with Crippen LogP contribution in [0, 0.1) is 11.8 Å². The lowest BCUT2D eigenvalue weighted by Crippen LogP contribution is -2.15. The molecule has 2 aromatic heterocycles.